The Labute approximate surface area is 143 Å². The Morgan fingerprint density at radius 1 is 1.33 bits per heavy atom. The normalized spacial score (nSPS) is 13.6. The summed E-state index contributed by atoms with van der Waals surface area (Å²) in [5.41, 5.74) is 5.65. The number of carbonyl (C=O) groups excluding carboxylic acids is 1. The van der Waals surface area contributed by atoms with Gasteiger partial charge >= 0.3 is 5.97 Å². The quantitative estimate of drug-likeness (QED) is 0.576. The van der Waals surface area contributed by atoms with Gasteiger partial charge in [0.1, 0.15) is 5.15 Å². The minimum absolute atomic E-state index is 0.0113. The molecular formula is C16H16ClN5O2. The van der Waals surface area contributed by atoms with Crippen LogP contribution in [0.25, 0.3) is 11.0 Å². The monoisotopic (exact) mass is 345 g/mol. The molecule has 0 aliphatic carbocycles. The molecular weight excluding hydrogens is 330 g/mol. The summed E-state index contributed by atoms with van der Waals surface area (Å²) in [6.45, 7) is 1.88. The van der Waals surface area contributed by atoms with Gasteiger partial charge in [-0.25, -0.2) is 14.5 Å². The maximum Gasteiger partial charge on any atom is 0.338 e. The number of anilines is 1. The molecule has 0 saturated heterocycles. The van der Waals surface area contributed by atoms with Gasteiger partial charge in [0.25, 0.3) is 0 Å². The second-order valence-corrected chi connectivity index (χ2v) is 5.60. The number of hydrogen-bond donors (Lipinski definition) is 1. The van der Waals surface area contributed by atoms with Crippen LogP contribution in [0.15, 0.2) is 36.5 Å². The summed E-state index contributed by atoms with van der Waals surface area (Å²) in [6.07, 6.45) is 1.93. The van der Waals surface area contributed by atoms with Crippen LogP contribution < -0.4 is 5.73 Å². The van der Waals surface area contributed by atoms with Crippen molar-refractivity contribution in [2.45, 2.75) is 18.9 Å². The lowest BCUT2D eigenvalue weighted by Gasteiger charge is -2.31. The number of hydrogen-bond acceptors (Lipinski definition) is 6. The van der Waals surface area contributed by atoms with Crippen LogP contribution in [0.4, 0.5) is 5.95 Å². The highest BCUT2D eigenvalue weighted by molar-refractivity contribution is 6.34. The molecule has 8 heteroatoms. The third-order valence-corrected chi connectivity index (χ3v) is 4.34. The molecule has 1 unspecified atom stereocenters. The van der Waals surface area contributed by atoms with Crippen LogP contribution in [-0.2, 0) is 15.1 Å². The van der Waals surface area contributed by atoms with Crippen molar-refractivity contribution in [2.75, 3.05) is 12.8 Å². The minimum Gasteiger partial charge on any atom is -0.467 e. The van der Waals surface area contributed by atoms with Gasteiger partial charge in [0.2, 0.25) is 5.95 Å². The Balaban J connectivity index is 2.37. The van der Waals surface area contributed by atoms with Crippen LogP contribution in [-0.4, -0.2) is 32.8 Å². The van der Waals surface area contributed by atoms with Crippen LogP contribution in [0.1, 0.15) is 18.9 Å². The fourth-order valence-corrected chi connectivity index (χ4v) is 3.10. The van der Waals surface area contributed by atoms with Gasteiger partial charge in [0.05, 0.1) is 18.7 Å². The fraction of sp³-hybridized carbons (Fsp3) is 0.250. The number of halogens is 1. The van der Waals surface area contributed by atoms with Gasteiger partial charge < -0.3 is 10.5 Å². The third-order valence-electron chi connectivity index (χ3n) is 4.05. The molecule has 0 aliphatic rings. The first kappa shape index (κ1) is 16.2. The molecule has 7 nitrogen and oxygen atoms in total. The molecule has 2 aromatic heterocycles. The number of carbonyl (C=O) groups is 1. The van der Waals surface area contributed by atoms with Crippen molar-refractivity contribution in [3.63, 3.8) is 0 Å². The summed E-state index contributed by atoms with van der Waals surface area (Å²) in [7, 11) is 1.34. The molecule has 124 valence electrons. The van der Waals surface area contributed by atoms with Gasteiger partial charge in [-0.2, -0.15) is 10.1 Å². The molecule has 0 amide bonds. The van der Waals surface area contributed by atoms with E-state index in [0.717, 1.165) is 5.56 Å². The van der Waals surface area contributed by atoms with Gasteiger partial charge in [-0.3, -0.25) is 0 Å². The summed E-state index contributed by atoms with van der Waals surface area (Å²) < 4.78 is 6.59. The zero-order chi connectivity index (χ0) is 17.3. The van der Waals surface area contributed by atoms with Crippen LogP contribution in [0.3, 0.4) is 0 Å². The van der Waals surface area contributed by atoms with Gasteiger partial charge in [-0.1, -0.05) is 48.9 Å². The van der Waals surface area contributed by atoms with Gasteiger partial charge in [0.15, 0.2) is 11.2 Å². The van der Waals surface area contributed by atoms with E-state index in [1.807, 2.05) is 37.3 Å². The maximum atomic E-state index is 12.8. The number of nitrogen functional groups attached to an aromatic ring is 1. The Morgan fingerprint density at radius 3 is 2.67 bits per heavy atom. The van der Waals surface area contributed by atoms with Crippen molar-refractivity contribution in [1.82, 2.24) is 19.7 Å². The second kappa shape index (κ2) is 6.09. The first-order chi connectivity index (χ1) is 11.5. The van der Waals surface area contributed by atoms with E-state index in [4.69, 9.17) is 22.1 Å². The van der Waals surface area contributed by atoms with Crippen molar-refractivity contribution in [2.24, 2.45) is 0 Å². The predicted molar refractivity (Wildman–Crippen MR) is 90.6 cm³/mol. The SMILES string of the molecule is CCC(C(=O)OC)(c1ccccc1)n1ncc2c(Cl)nc(N)nc21. The number of fused-ring (bicyclic) bond motifs is 1. The molecule has 0 saturated carbocycles. The molecule has 0 aliphatic heterocycles. The molecule has 24 heavy (non-hydrogen) atoms. The third kappa shape index (κ3) is 2.28. The van der Waals surface area contributed by atoms with Crippen molar-refractivity contribution in [1.29, 1.82) is 0 Å². The lowest BCUT2D eigenvalue weighted by molar-refractivity contribution is -0.149. The first-order valence-electron chi connectivity index (χ1n) is 7.35. The van der Waals surface area contributed by atoms with Gasteiger partial charge in [0, 0.05) is 0 Å². The van der Waals surface area contributed by atoms with Crippen molar-refractivity contribution >= 4 is 34.6 Å². The summed E-state index contributed by atoms with van der Waals surface area (Å²) in [6, 6.07) is 9.27. The summed E-state index contributed by atoms with van der Waals surface area (Å²) in [4.78, 5) is 20.9. The van der Waals surface area contributed by atoms with Crippen LogP contribution in [0.5, 0.6) is 0 Å². The predicted octanol–water partition coefficient (Wildman–Crippen LogP) is 2.39. The zero-order valence-corrected chi connectivity index (χ0v) is 14.0. The molecule has 1 aromatic carbocycles. The summed E-state index contributed by atoms with van der Waals surface area (Å²) in [5.74, 6) is -0.438. The number of rotatable bonds is 4. The number of ether oxygens (including phenoxy) is 1. The number of esters is 1. The van der Waals surface area contributed by atoms with E-state index in [2.05, 4.69) is 15.1 Å². The van der Waals surface area contributed by atoms with E-state index >= 15 is 0 Å². The highest BCUT2D eigenvalue weighted by atomic mass is 35.5. The Morgan fingerprint density at radius 2 is 2.04 bits per heavy atom. The highest BCUT2D eigenvalue weighted by Gasteiger charge is 2.44. The second-order valence-electron chi connectivity index (χ2n) is 5.24. The van der Waals surface area contributed by atoms with E-state index in [-0.39, 0.29) is 11.1 Å². The van der Waals surface area contributed by atoms with Crippen LogP contribution in [0, 0.1) is 0 Å². The highest BCUT2D eigenvalue weighted by Crippen LogP contribution is 2.34. The molecule has 0 radical (unpaired) electrons. The molecule has 1 atom stereocenters. The molecule has 0 fully saturated rings. The molecule has 3 rings (SSSR count). The van der Waals surface area contributed by atoms with E-state index in [1.54, 1.807) is 0 Å². The van der Waals surface area contributed by atoms with E-state index < -0.39 is 11.5 Å². The standard InChI is InChI=1S/C16H16ClN5O2/c1-3-16(14(23)24-2,10-7-5-4-6-8-10)22-13-11(9-19-22)12(17)20-15(18)21-13/h4-9H,3H2,1-2H3,(H2,18,20,21). The van der Waals surface area contributed by atoms with Crippen molar-refractivity contribution in [3.8, 4) is 0 Å². The Hall–Kier alpha value is -2.67. The average molecular weight is 346 g/mol. The Kier molecular flexibility index (Phi) is 4.11. The minimum atomic E-state index is -1.18. The molecule has 2 heterocycles. The van der Waals surface area contributed by atoms with E-state index in [0.29, 0.717) is 17.5 Å². The summed E-state index contributed by atoms with van der Waals surface area (Å²) >= 11 is 6.13. The van der Waals surface area contributed by atoms with Crippen molar-refractivity contribution < 1.29 is 9.53 Å². The zero-order valence-electron chi connectivity index (χ0n) is 13.2. The molecule has 0 spiro atoms. The first-order valence-corrected chi connectivity index (χ1v) is 7.73. The number of benzene rings is 1. The molecule has 0 bridgehead atoms. The maximum absolute atomic E-state index is 12.8. The topological polar surface area (TPSA) is 95.9 Å². The van der Waals surface area contributed by atoms with Gasteiger partial charge in [-0.15, -0.1) is 0 Å². The lowest BCUT2D eigenvalue weighted by atomic mass is 9.87. The number of aromatic nitrogens is 4. The van der Waals surface area contributed by atoms with Crippen LogP contribution in [0.2, 0.25) is 5.15 Å². The number of nitrogens with zero attached hydrogens (tertiary/aromatic N) is 4. The van der Waals surface area contributed by atoms with Crippen LogP contribution >= 0.6 is 11.6 Å². The Bertz CT molecular complexity index is 896. The van der Waals surface area contributed by atoms with E-state index in [9.17, 15) is 4.79 Å². The van der Waals surface area contributed by atoms with Gasteiger partial charge in [-0.05, 0) is 12.0 Å². The fourth-order valence-electron chi connectivity index (χ4n) is 2.88. The van der Waals surface area contributed by atoms with Crippen molar-refractivity contribution in [3.05, 3.63) is 47.2 Å². The lowest BCUT2D eigenvalue weighted by Crippen LogP contribution is -2.44. The smallest absolute Gasteiger partial charge is 0.338 e. The average Bonchev–Trinajstić information content (AvgIpc) is 3.01. The number of nitrogens with two attached hydrogens (primary N) is 1. The molecule has 3 aromatic rings. The summed E-state index contributed by atoms with van der Waals surface area (Å²) in [5, 5.41) is 5.06. The van der Waals surface area contributed by atoms with E-state index in [1.165, 1.54) is 18.0 Å². The number of methoxy groups -OCH3 is 1. The molecule has 2 N–H and O–H groups in total. The largest absolute Gasteiger partial charge is 0.467 e.